The second kappa shape index (κ2) is 10.3. The molecule has 1 saturated heterocycles. The number of amides is 2. The average molecular weight is 390 g/mol. The van der Waals surface area contributed by atoms with E-state index in [-0.39, 0.29) is 18.9 Å². The summed E-state index contributed by atoms with van der Waals surface area (Å²) in [5, 5.41) is 11.1. The molecule has 0 atom stereocenters. The van der Waals surface area contributed by atoms with Crippen LogP contribution in [0.3, 0.4) is 0 Å². The first-order chi connectivity index (χ1) is 13.1. The molecule has 2 rings (SSSR count). The van der Waals surface area contributed by atoms with Crippen LogP contribution in [0.25, 0.3) is 0 Å². The van der Waals surface area contributed by atoms with Crippen molar-refractivity contribution in [2.24, 2.45) is 0 Å². The predicted molar refractivity (Wildman–Crippen MR) is 101 cm³/mol. The van der Waals surface area contributed by atoms with Gasteiger partial charge in [0.05, 0.1) is 13.2 Å². The Morgan fingerprint density at radius 3 is 2.59 bits per heavy atom. The summed E-state index contributed by atoms with van der Waals surface area (Å²) in [7, 11) is 0. The largest absolute Gasteiger partial charge is 0.449 e. The van der Waals surface area contributed by atoms with Crippen LogP contribution in [-0.2, 0) is 16.0 Å². The van der Waals surface area contributed by atoms with Gasteiger partial charge in [-0.2, -0.15) is 10.3 Å². The summed E-state index contributed by atoms with van der Waals surface area (Å²) in [6, 6.07) is 11.8. The van der Waals surface area contributed by atoms with Crippen molar-refractivity contribution in [2.75, 3.05) is 25.5 Å². The molecule has 0 saturated carbocycles. The highest BCUT2D eigenvalue weighted by Gasteiger charge is 2.30. The number of nitrogens with zero attached hydrogens (tertiary/aromatic N) is 3. The van der Waals surface area contributed by atoms with Gasteiger partial charge in [0, 0.05) is 18.8 Å². The summed E-state index contributed by atoms with van der Waals surface area (Å²) >= 11 is 1.45. The Labute approximate surface area is 162 Å². The fraction of sp³-hybridized carbons (Fsp3) is 0.389. The number of carbonyl (C=O) groups excluding carboxylic acids is 2. The molecule has 2 amide bonds. The lowest BCUT2D eigenvalue weighted by atomic mass is 10.2. The number of carbonyl (C=O) groups is 2. The zero-order valence-corrected chi connectivity index (χ0v) is 16.1. The summed E-state index contributed by atoms with van der Waals surface area (Å²) in [5.41, 5.74) is 3.37. The van der Waals surface area contributed by atoms with Gasteiger partial charge in [-0.15, -0.1) is 11.8 Å². The minimum absolute atomic E-state index is 0.0000609. The molecule has 1 aliphatic heterocycles. The molecule has 1 aromatic rings. The number of hydrogen-bond acceptors (Lipinski definition) is 7. The first-order valence-corrected chi connectivity index (χ1v) is 9.55. The van der Waals surface area contributed by atoms with Crippen LogP contribution in [0.1, 0.15) is 19.4 Å². The van der Waals surface area contributed by atoms with E-state index in [1.54, 1.807) is 13.8 Å². The number of hydrazine groups is 1. The van der Waals surface area contributed by atoms with Crippen molar-refractivity contribution in [3.63, 3.8) is 0 Å². The molecule has 144 valence electrons. The van der Waals surface area contributed by atoms with Crippen LogP contribution in [0.5, 0.6) is 0 Å². The van der Waals surface area contributed by atoms with Gasteiger partial charge >= 0.3 is 12.2 Å². The van der Waals surface area contributed by atoms with Crippen LogP contribution in [0.2, 0.25) is 0 Å². The van der Waals surface area contributed by atoms with E-state index in [4.69, 9.17) is 9.47 Å². The molecule has 0 aromatic heterocycles. The third-order valence-corrected chi connectivity index (χ3v) is 4.68. The zero-order valence-electron chi connectivity index (χ0n) is 15.3. The van der Waals surface area contributed by atoms with Crippen molar-refractivity contribution in [1.82, 2.24) is 15.3 Å². The SMILES string of the molecule is CCOC(=O)NN(C(=O)OCC)/C(C#N)=C1\SCCN1Cc1ccccc1. The van der Waals surface area contributed by atoms with E-state index in [2.05, 4.69) is 5.43 Å². The lowest BCUT2D eigenvalue weighted by Gasteiger charge is -2.25. The highest BCUT2D eigenvalue weighted by molar-refractivity contribution is 8.03. The lowest BCUT2D eigenvalue weighted by molar-refractivity contribution is 0.0885. The molecule has 8 nitrogen and oxygen atoms in total. The van der Waals surface area contributed by atoms with Gasteiger partial charge in [-0.3, -0.25) is 0 Å². The number of rotatable bonds is 5. The zero-order chi connectivity index (χ0) is 19.6. The van der Waals surface area contributed by atoms with Crippen LogP contribution in [0.15, 0.2) is 41.1 Å². The van der Waals surface area contributed by atoms with Gasteiger partial charge in [-0.05, 0) is 19.4 Å². The fourth-order valence-electron chi connectivity index (χ4n) is 2.45. The van der Waals surface area contributed by atoms with Crippen molar-refractivity contribution in [2.45, 2.75) is 20.4 Å². The molecule has 0 spiro atoms. The Balaban J connectivity index is 2.32. The number of benzene rings is 1. The average Bonchev–Trinajstić information content (AvgIpc) is 3.10. The van der Waals surface area contributed by atoms with Crippen LogP contribution in [0.4, 0.5) is 9.59 Å². The first kappa shape index (κ1) is 20.5. The van der Waals surface area contributed by atoms with Crippen molar-refractivity contribution in [3.05, 3.63) is 46.6 Å². The molecule has 1 heterocycles. The number of thioether (sulfide) groups is 1. The van der Waals surface area contributed by atoms with Gasteiger partial charge in [-0.1, -0.05) is 30.3 Å². The van der Waals surface area contributed by atoms with Crippen LogP contribution < -0.4 is 5.43 Å². The van der Waals surface area contributed by atoms with E-state index < -0.39 is 12.2 Å². The third-order valence-electron chi connectivity index (χ3n) is 3.56. The molecule has 0 radical (unpaired) electrons. The Morgan fingerprint density at radius 1 is 1.26 bits per heavy atom. The molecule has 1 fully saturated rings. The molecule has 1 aromatic carbocycles. The Kier molecular flexibility index (Phi) is 7.82. The number of nitrogens with one attached hydrogen (secondary N) is 1. The Bertz CT molecular complexity index is 733. The summed E-state index contributed by atoms with van der Waals surface area (Å²) < 4.78 is 9.81. The van der Waals surface area contributed by atoms with E-state index in [0.29, 0.717) is 11.6 Å². The Hall–Kier alpha value is -2.86. The smallest absolute Gasteiger partial charge is 0.434 e. The van der Waals surface area contributed by atoms with Crippen molar-refractivity contribution in [3.8, 4) is 6.07 Å². The second-order valence-corrected chi connectivity index (χ2v) is 6.47. The second-order valence-electron chi connectivity index (χ2n) is 5.39. The summed E-state index contributed by atoms with van der Waals surface area (Å²) in [4.78, 5) is 26.2. The van der Waals surface area contributed by atoms with E-state index >= 15 is 0 Å². The molecular formula is C18H22N4O4S. The number of allylic oxidation sites excluding steroid dienone is 1. The van der Waals surface area contributed by atoms with E-state index in [9.17, 15) is 14.9 Å². The van der Waals surface area contributed by atoms with Crippen molar-refractivity contribution >= 4 is 23.9 Å². The normalized spacial score (nSPS) is 14.9. The summed E-state index contributed by atoms with van der Waals surface area (Å²) in [6.07, 6.45) is -1.68. The third kappa shape index (κ3) is 5.56. The molecule has 0 aliphatic carbocycles. The highest BCUT2D eigenvalue weighted by Crippen LogP contribution is 2.33. The van der Waals surface area contributed by atoms with Gasteiger partial charge < -0.3 is 14.4 Å². The number of nitriles is 1. The van der Waals surface area contributed by atoms with Gasteiger partial charge in [0.25, 0.3) is 0 Å². The Morgan fingerprint density at radius 2 is 1.96 bits per heavy atom. The molecule has 27 heavy (non-hydrogen) atoms. The highest BCUT2D eigenvalue weighted by atomic mass is 32.2. The summed E-state index contributed by atoms with van der Waals surface area (Å²) in [6.45, 7) is 4.84. The topological polar surface area (TPSA) is 94.9 Å². The molecule has 9 heteroatoms. The lowest BCUT2D eigenvalue weighted by Crippen LogP contribution is -2.46. The van der Waals surface area contributed by atoms with Crippen LogP contribution in [0, 0.1) is 11.3 Å². The maximum Gasteiger partial charge on any atom is 0.434 e. The van der Waals surface area contributed by atoms with Crippen molar-refractivity contribution < 1.29 is 19.1 Å². The fourth-order valence-corrected chi connectivity index (χ4v) is 3.56. The maximum atomic E-state index is 12.3. The summed E-state index contributed by atoms with van der Waals surface area (Å²) in [5.74, 6) is 0.767. The van der Waals surface area contributed by atoms with Crippen molar-refractivity contribution in [1.29, 1.82) is 5.26 Å². The van der Waals surface area contributed by atoms with E-state index in [1.807, 2.05) is 41.3 Å². The van der Waals surface area contributed by atoms with Gasteiger partial charge in [0.2, 0.25) is 0 Å². The predicted octanol–water partition coefficient (Wildman–Crippen LogP) is 3.05. The monoisotopic (exact) mass is 390 g/mol. The van der Waals surface area contributed by atoms with Crippen LogP contribution >= 0.6 is 11.8 Å². The van der Waals surface area contributed by atoms with E-state index in [1.165, 1.54) is 11.8 Å². The standard InChI is InChI=1S/C18H22N4O4S/c1-3-25-17(23)20-22(18(24)26-4-2)15(12-19)16-21(10-11-27-16)13-14-8-6-5-7-9-14/h5-9H,3-4,10-11,13H2,1-2H3,(H,20,23)/b16-15-. The van der Waals surface area contributed by atoms with E-state index in [0.717, 1.165) is 22.9 Å². The molecule has 1 aliphatic rings. The first-order valence-electron chi connectivity index (χ1n) is 8.57. The quantitative estimate of drug-likeness (QED) is 0.610. The number of hydrogen-bond donors (Lipinski definition) is 1. The van der Waals surface area contributed by atoms with Gasteiger partial charge in [0.1, 0.15) is 11.1 Å². The van der Waals surface area contributed by atoms with Crippen LogP contribution in [-0.4, -0.2) is 47.6 Å². The molecule has 1 N–H and O–H groups in total. The van der Waals surface area contributed by atoms with Gasteiger partial charge in [-0.25, -0.2) is 15.0 Å². The maximum absolute atomic E-state index is 12.3. The minimum Gasteiger partial charge on any atom is -0.449 e. The van der Waals surface area contributed by atoms with Gasteiger partial charge in [0.15, 0.2) is 5.70 Å². The molecular weight excluding hydrogens is 368 g/mol. The number of ether oxygens (including phenoxy) is 2. The molecule has 0 unspecified atom stereocenters. The minimum atomic E-state index is -0.846. The molecule has 0 bridgehead atoms.